The summed E-state index contributed by atoms with van der Waals surface area (Å²) in [4.78, 5) is 37.3. The highest BCUT2D eigenvalue weighted by molar-refractivity contribution is 6.07. The molecule has 2 aliphatic heterocycles. The molecule has 0 bridgehead atoms. The number of imide groups is 1. The van der Waals surface area contributed by atoms with Crippen molar-refractivity contribution < 1.29 is 14.4 Å². The van der Waals surface area contributed by atoms with Crippen molar-refractivity contribution in [2.75, 3.05) is 0 Å². The van der Waals surface area contributed by atoms with Crippen LogP contribution in [-0.4, -0.2) is 28.2 Å². The van der Waals surface area contributed by atoms with Gasteiger partial charge in [-0.1, -0.05) is 32.0 Å². The predicted molar refractivity (Wildman–Crippen MR) is 78.5 cm³/mol. The van der Waals surface area contributed by atoms with Crippen molar-refractivity contribution in [3.8, 4) is 0 Å². The highest BCUT2D eigenvalue weighted by atomic mass is 16.2. The molecule has 0 aliphatic carbocycles. The zero-order valence-electron chi connectivity index (χ0n) is 12.6. The van der Waals surface area contributed by atoms with Gasteiger partial charge in [0.2, 0.25) is 5.91 Å². The van der Waals surface area contributed by atoms with E-state index >= 15 is 0 Å². The first-order valence-corrected chi connectivity index (χ1v) is 7.26. The number of nitrogens with zero attached hydrogens (tertiary/aromatic N) is 1. The number of nitrogens with one attached hydrogen (secondary N) is 1. The van der Waals surface area contributed by atoms with Gasteiger partial charge in [0, 0.05) is 18.5 Å². The van der Waals surface area contributed by atoms with Crippen LogP contribution in [0.5, 0.6) is 0 Å². The largest absolute Gasteiger partial charge is 0.320 e. The summed E-state index contributed by atoms with van der Waals surface area (Å²) in [5.41, 5.74) is 0.635. The Kier molecular flexibility index (Phi) is 4.11. The normalized spacial score (nSPS) is 24.1. The molecule has 0 unspecified atom stereocenters. The maximum Gasteiger partial charge on any atom is 0.255 e. The van der Waals surface area contributed by atoms with Gasteiger partial charge in [0.1, 0.15) is 5.54 Å². The van der Waals surface area contributed by atoms with E-state index in [2.05, 4.69) is 5.32 Å². The zero-order valence-corrected chi connectivity index (χ0v) is 12.6. The van der Waals surface area contributed by atoms with Crippen molar-refractivity contribution in [1.82, 2.24) is 10.2 Å². The van der Waals surface area contributed by atoms with Crippen LogP contribution in [0.4, 0.5) is 0 Å². The summed E-state index contributed by atoms with van der Waals surface area (Å²) in [6.45, 7) is 6.14. The summed E-state index contributed by atoms with van der Waals surface area (Å²) in [5, 5.41) is 2.32. The third-order valence-corrected chi connectivity index (χ3v) is 4.00. The van der Waals surface area contributed by atoms with Gasteiger partial charge in [0.25, 0.3) is 11.8 Å². The van der Waals surface area contributed by atoms with Gasteiger partial charge in [0.15, 0.2) is 0 Å². The van der Waals surface area contributed by atoms with Gasteiger partial charge < -0.3 is 4.90 Å². The average Bonchev–Trinajstić information content (AvgIpc) is 2.84. The van der Waals surface area contributed by atoms with Gasteiger partial charge in [-0.15, -0.1) is 0 Å². The van der Waals surface area contributed by atoms with Crippen LogP contribution in [0.15, 0.2) is 24.3 Å². The molecule has 3 rings (SSSR count). The molecule has 1 aromatic rings. The minimum atomic E-state index is -0.940. The van der Waals surface area contributed by atoms with Crippen LogP contribution in [0, 0.1) is 0 Å². The van der Waals surface area contributed by atoms with Crippen LogP contribution in [0.2, 0.25) is 0 Å². The van der Waals surface area contributed by atoms with Crippen molar-refractivity contribution in [2.24, 2.45) is 0 Å². The molecule has 2 heterocycles. The number of amides is 3. The van der Waals surface area contributed by atoms with Gasteiger partial charge in [-0.05, 0) is 25.0 Å². The number of carbonyl (C=O) groups is 3. The highest BCUT2D eigenvalue weighted by Crippen LogP contribution is 2.33. The topological polar surface area (TPSA) is 66.5 Å². The van der Waals surface area contributed by atoms with Crippen LogP contribution in [-0.2, 0) is 16.1 Å². The number of fused-ring (bicyclic) bond motifs is 1. The molecule has 3 amide bonds. The summed E-state index contributed by atoms with van der Waals surface area (Å²) in [6, 6.07) is 7.35. The van der Waals surface area contributed by atoms with E-state index in [0.29, 0.717) is 18.5 Å². The molecule has 1 N–H and O–H groups in total. The molecule has 2 aliphatic rings. The van der Waals surface area contributed by atoms with Crippen LogP contribution in [0.1, 0.15) is 49.5 Å². The molecule has 0 aromatic heterocycles. The Labute approximate surface area is 124 Å². The number of piperidine rings is 1. The van der Waals surface area contributed by atoms with Gasteiger partial charge >= 0.3 is 0 Å². The molecule has 1 aromatic carbocycles. The standard InChI is InChI=1S/C14H14N2O3.C2H6/c1-14(7-6-11(17)15-13(14)19)16-8-9-4-2-3-5-10(9)12(16)18;1-2/h2-5H,6-8H2,1H3,(H,15,17,19);1-2H3/t14-;/m1./s1. The summed E-state index contributed by atoms with van der Waals surface area (Å²) in [7, 11) is 0. The summed E-state index contributed by atoms with van der Waals surface area (Å²) in [6.07, 6.45) is 0.639. The van der Waals surface area contributed by atoms with Crippen molar-refractivity contribution in [3.63, 3.8) is 0 Å². The predicted octanol–water partition coefficient (Wildman–Crippen LogP) is 1.86. The maximum absolute atomic E-state index is 12.4. The Balaban J connectivity index is 0.000000774. The lowest BCUT2D eigenvalue weighted by Crippen LogP contribution is -2.61. The van der Waals surface area contributed by atoms with E-state index in [9.17, 15) is 14.4 Å². The second kappa shape index (κ2) is 5.68. The number of benzene rings is 1. The fraction of sp³-hybridized carbons (Fsp3) is 0.438. The molecule has 21 heavy (non-hydrogen) atoms. The fourth-order valence-corrected chi connectivity index (χ4v) is 2.70. The van der Waals surface area contributed by atoms with Crippen molar-refractivity contribution in [3.05, 3.63) is 35.4 Å². The maximum atomic E-state index is 12.4. The Bertz CT molecular complexity index is 597. The Morgan fingerprint density at radius 1 is 1.14 bits per heavy atom. The molecule has 5 nitrogen and oxygen atoms in total. The monoisotopic (exact) mass is 288 g/mol. The number of carbonyl (C=O) groups excluding carboxylic acids is 3. The van der Waals surface area contributed by atoms with E-state index in [0.717, 1.165) is 5.56 Å². The van der Waals surface area contributed by atoms with E-state index in [4.69, 9.17) is 0 Å². The van der Waals surface area contributed by atoms with Gasteiger partial charge in [-0.3, -0.25) is 19.7 Å². The quantitative estimate of drug-likeness (QED) is 0.802. The summed E-state index contributed by atoms with van der Waals surface area (Å²) >= 11 is 0. The highest BCUT2D eigenvalue weighted by Gasteiger charge is 2.48. The fourth-order valence-electron chi connectivity index (χ4n) is 2.70. The third kappa shape index (κ3) is 2.44. The number of rotatable bonds is 1. The Morgan fingerprint density at radius 3 is 2.43 bits per heavy atom. The number of hydrogen-bond acceptors (Lipinski definition) is 3. The summed E-state index contributed by atoms with van der Waals surface area (Å²) in [5.74, 6) is -0.792. The molecule has 0 radical (unpaired) electrons. The van der Waals surface area contributed by atoms with E-state index < -0.39 is 5.54 Å². The van der Waals surface area contributed by atoms with E-state index in [1.165, 1.54) is 0 Å². The first-order valence-electron chi connectivity index (χ1n) is 7.26. The lowest BCUT2D eigenvalue weighted by molar-refractivity contribution is -0.142. The van der Waals surface area contributed by atoms with Gasteiger partial charge in [-0.2, -0.15) is 0 Å². The van der Waals surface area contributed by atoms with Gasteiger partial charge in [-0.25, -0.2) is 0 Å². The second-order valence-corrected chi connectivity index (χ2v) is 5.20. The third-order valence-electron chi connectivity index (χ3n) is 4.00. The Hall–Kier alpha value is -2.17. The average molecular weight is 288 g/mol. The molecule has 1 atom stereocenters. The second-order valence-electron chi connectivity index (χ2n) is 5.20. The first-order chi connectivity index (χ1) is 10.0. The molecule has 0 saturated carbocycles. The summed E-state index contributed by atoms with van der Waals surface area (Å²) < 4.78 is 0. The smallest absolute Gasteiger partial charge is 0.255 e. The van der Waals surface area contributed by atoms with Crippen LogP contribution in [0.3, 0.4) is 0 Å². The molecule has 1 fully saturated rings. The van der Waals surface area contributed by atoms with Crippen molar-refractivity contribution in [2.45, 2.75) is 45.7 Å². The van der Waals surface area contributed by atoms with Crippen molar-refractivity contribution >= 4 is 17.7 Å². The lowest BCUT2D eigenvalue weighted by atomic mass is 9.89. The molecule has 1 saturated heterocycles. The molecule has 0 spiro atoms. The van der Waals surface area contributed by atoms with E-state index in [1.807, 2.05) is 32.0 Å². The van der Waals surface area contributed by atoms with Crippen LogP contribution in [0.25, 0.3) is 0 Å². The zero-order chi connectivity index (χ0) is 15.6. The molecular formula is C16H20N2O3. The minimum Gasteiger partial charge on any atom is -0.320 e. The lowest BCUT2D eigenvalue weighted by Gasteiger charge is -2.39. The molecular weight excluding hydrogens is 268 g/mol. The minimum absolute atomic E-state index is 0.136. The molecule has 5 heteroatoms. The van der Waals surface area contributed by atoms with Crippen molar-refractivity contribution in [1.29, 1.82) is 0 Å². The number of hydrogen-bond donors (Lipinski definition) is 1. The Morgan fingerprint density at radius 2 is 1.81 bits per heavy atom. The van der Waals surface area contributed by atoms with E-state index in [1.54, 1.807) is 17.9 Å². The van der Waals surface area contributed by atoms with Crippen LogP contribution < -0.4 is 5.32 Å². The van der Waals surface area contributed by atoms with E-state index in [-0.39, 0.29) is 24.1 Å². The van der Waals surface area contributed by atoms with Gasteiger partial charge in [0.05, 0.1) is 0 Å². The first kappa shape index (κ1) is 15.2. The van der Waals surface area contributed by atoms with Crippen LogP contribution >= 0.6 is 0 Å². The molecule has 112 valence electrons. The SMILES string of the molecule is CC.C[C@@]1(N2Cc3ccccc3C2=O)CCC(=O)NC1=O.